The van der Waals surface area contributed by atoms with E-state index in [1.54, 1.807) is 36.7 Å². The first kappa shape index (κ1) is 17.6. The fraction of sp³-hybridized carbons (Fsp3) is 0.111. The van der Waals surface area contributed by atoms with E-state index in [1.165, 1.54) is 13.4 Å². The minimum atomic E-state index is -0.363. The second-order valence-electron chi connectivity index (χ2n) is 5.31. The van der Waals surface area contributed by atoms with Crippen molar-refractivity contribution < 1.29 is 9.53 Å². The van der Waals surface area contributed by atoms with E-state index in [-0.39, 0.29) is 11.6 Å². The third-order valence-corrected chi connectivity index (χ3v) is 3.80. The molecule has 0 bridgehead atoms. The molecule has 0 atom stereocenters. The third-order valence-electron chi connectivity index (χ3n) is 3.51. The van der Waals surface area contributed by atoms with Gasteiger partial charge < -0.3 is 15.4 Å². The van der Waals surface area contributed by atoms with E-state index >= 15 is 0 Å². The topological polar surface area (TPSA) is 89.0 Å². The summed E-state index contributed by atoms with van der Waals surface area (Å²) < 4.78 is 5.09. The molecule has 0 fully saturated rings. The summed E-state index contributed by atoms with van der Waals surface area (Å²) in [6, 6.07) is 10.4. The van der Waals surface area contributed by atoms with Crippen LogP contribution in [-0.4, -0.2) is 28.0 Å². The molecular formula is C18H16ClN5O2. The van der Waals surface area contributed by atoms with Gasteiger partial charge in [-0.2, -0.15) is 0 Å². The van der Waals surface area contributed by atoms with Crippen LogP contribution in [0.2, 0.25) is 5.02 Å². The summed E-state index contributed by atoms with van der Waals surface area (Å²) in [4.78, 5) is 24.6. The summed E-state index contributed by atoms with van der Waals surface area (Å²) >= 11 is 6.07. The van der Waals surface area contributed by atoms with Crippen molar-refractivity contribution in [1.29, 1.82) is 0 Å². The number of nitrogens with zero attached hydrogens (tertiary/aromatic N) is 3. The fourth-order valence-electron chi connectivity index (χ4n) is 2.21. The van der Waals surface area contributed by atoms with Crippen molar-refractivity contribution in [2.24, 2.45) is 0 Å². The first-order chi connectivity index (χ1) is 12.7. The molecule has 132 valence electrons. The minimum absolute atomic E-state index is 0.237. The number of aromatic nitrogens is 3. The molecule has 0 saturated carbocycles. The van der Waals surface area contributed by atoms with E-state index in [0.717, 1.165) is 5.56 Å². The molecule has 8 heteroatoms. The number of halogens is 1. The van der Waals surface area contributed by atoms with Gasteiger partial charge in [0.25, 0.3) is 5.91 Å². The van der Waals surface area contributed by atoms with E-state index in [9.17, 15) is 4.79 Å². The lowest BCUT2D eigenvalue weighted by atomic mass is 10.2. The molecule has 0 saturated heterocycles. The second-order valence-corrected chi connectivity index (χ2v) is 5.71. The number of carbonyl (C=O) groups is 1. The number of methoxy groups -OCH3 is 1. The number of nitrogens with one attached hydrogen (secondary N) is 2. The maximum Gasteiger partial charge on any atom is 0.274 e. The summed E-state index contributed by atoms with van der Waals surface area (Å²) in [6.07, 6.45) is 4.80. The Morgan fingerprint density at radius 3 is 2.85 bits per heavy atom. The fourth-order valence-corrected chi connectivity index (χ4v) is 2.47. The van der Waals surface area contributed by atoms with Gasteiger partial charge in [-0.15, -0.1) is 0 Å². The monoisotopic (exact) mass is 369 g/mol. The van der Waals surface area contributed by atoms with Crippen LogP contribution in [0.4, 0.5) is 11.5 Å². The average molecular weight is 370 g/mol. The van der Waals surface area contributed by atoms with Gasteiger partial charge >= 0.3 is 0 Å². The van der Waals surface area contributed by atoms with Gasteiger partial charge in [0, 0.05) is 30.7 Å². The smallest absolute Gasteiger partial charge is 0.274 e. The molecule has 0 aliphatic rings. The quantitative estimate of drug-likeness (QED) is 0.692. The normalized spacial score (nSPS) is 10.2. The number of ether oxygens (including phenoxy) is 1. The SMILES string of the molecule is COc1ccc(NC(=O)c2cc(NCc3cccnc3)ncn2)cc1Cl. The van der Waals surface area contributed by atoms with E-state index in [2.05, 4.69) is 25.6 Å². The molecule has 1 amide bonds. The number of benzene rings is 1. The highest BCUT2D eigenvalue weighted by Gasteiger charge is 2.11. The van der Waals surface area contributed by atoms with Crippen molar-refractivity contribution in [1.82, 2.24) is 15.0 Å². The molecule has 0 aliphatic heterocycles. The van der Waals surface area contributed by atoms with Gasteiger partial charge in [-0.1, -0.05) is 17.7 Å². The van der Waals surface area contributed by atoms with Gasteiger partial charge in [0.1, 0.15) is 23.6 Å². The zero-order valence-electron chi connectivity index (χ0n) is 13.9. The Hall–Kier alpha value is -3.19. The lowest BCUT2D eigenvalue weighted by Crippen LogP contribution is -2.14. The highest BCUT2D eigenvalue weighted by molar-refractivity contribution is 6.32. The Morgan fingerprint density at radius 2 is 2.12 bits per heavy atom. The third kappa shape index (κ3) is 4.46. The van der Waals surface area contributed by atoms with Crippen LogP contribution in [0.15, 0.2) is 55.1 Å². The van der Waals surface area contributed by atoms with Gasteiger partial charge in [0.05, 0.1) is 12.1 Å². The van der Waals surface area contributed by atoms with Crippen LogP contribution in [0.5, 0.6) is 5.75 Å². The standard InChI is InChI=1S/C18H16ClN5O2/c1-26-16-5-4-13(7-14(16)19)24-18(25)15-8-17(23-11-22-15)21-10-12-3-2-6-20-9-12/h2-9,11H,10H2,1H3,(H,24,25)(H,21,22,23). The van der Waals surface area contributed by atoms with Crippen LogP contribution in [0, 0.1) is 0 Å². The van der Waals surface area contributed by atoms with Crippen LogP contribution in [-0.2, 0) is 6.54 Å². The molecular weight excluding hydrogens is 354 g/mol. The summed E-state index contributed by atoms with van der Waals surface area (Å²) in [5.41, 5.74) is 1.79. The molecule has 1 aromatic carbocycles. The molecule has 2 heterocycles. The van der Waals surface area contributed by atoms with Crippen molar-refractivity contribution >= 4 is 29.0 Å². The molecule has 0 aliphatic carbocycles. The van der Waals surface area contributed by atoms with Gasteiger partial charge in [0.15, 0.2) is 0 Å². The second kappa shape index (κ2) is 8.26. The number of hydrogen-bond donors (Lipinski definition) is 2. The Balaban J connectivity index is 1.67. The van der Waals surface area contributed by atoms with E-state index in [0.29, 0.717) is 28.8 Å². The molecule has 3 aromatic rings. The average Bonchev–Trinajstić information content (AvgIpc) is 2.67. The maximum absolute atomic E-state index is 12.4. The summed E-state index contributed by atoms with van der Waals surface area (Å²) in [7, 11) is 1.53. The van der Waals surface area contributed by atoms with Gasteiger partial charge in [-0.05, 0) is 29.8 Å². The lowest BCUT2D eigenvalue weighted by Gasteiger charge is -2.09. The minimum Gasteiger partial charge on any atom is -0.495 e. The van der Waals surface area contributed by atoms with Crippen LogP contribution in [0.25, 0.3) is 0 Å². The van der Waals surface area contributed by atoms with Crippen molar-refractivity contribution in [2.75, 3.05) is 17.7 Å². The molecule has 3 rings (SSSR count). The molecule has 7 nitrogen and oxygen atoms in total. The Labute approximate surface area is 155 Å². The van der Waals surface area contributed by atoms with Crippen LogP contribution in [0.1, 0.15) is 16.1 Å². The van der Waals surface area contributed by atoms with E-state index in [1.807, 2.05) is 12.1 Å². The van der Waals surface area contributed by atoms with Crippen LogP contribution in [0.3, 0.4) is 0 Å². The predicted octanol–water partition coefficient (Wildman–Crippen LogP) is 3.40. The van der Waals surface area contributed by atoms with Gasteiger partial charge in [-0.25, -0.2) is 9.97 Å². The Kier molecular flexibility index (Phi) is 5.60. The van der Waals surface area contributed by atoms with Crippen molar-refractivity contribution in [3.63, 3.8) is 0 Å². The predicted molar refractivity (Wildman–Crippen MR) is 99.6 cm³/mol. The van der Waals surface area contributed by atoms with E-state index in [4.69, 9.17) is 16.3 Å². The van der Waals surface area contributed by atoms with Gasteiger partial charge in [-0.3, -0.25) is 9.78 Å². The number of anilines is 2. The number of carbonyl (C=O) groups excluding carboxylic acids is 1. The maximum atomic E-state index is 12.4. The molecule has 2 N–H and O–H groups in total. The molecule has 0 spiro atoms. The largest absolute Gasteiger partial charge is 0.495 e. The highest BCUT2D eigenvalue weighted by Crippen LogP contribution is 2.27. The first-order valence-corrected chi connectivity index (χ1v) is 8.13. The number of pyridine rings is 1. The van der Waals surface area contributed by atoms with Crippen molar-refractivity contribution in [3.8, 4) is 5.75 Å². The Morgan fingerprint density at radius 1 is 1.23 bits per heavy atom. The number of hydrogen-bond acceptors (Lipinski definition) is 6. The zero-order valence-corrected chi connectivity index (χ0v) is 14.7. The van der Waals surface area contributed by atoms with Gasteiger partial charge in [0.2, 0.25) is 0 Å². The van der Waals surface area contributed by atoms with Crippen molar-refractivity contribution in [3.05, 3.63) is 71.4 Å². The number of rotatable bonds is 6. The molecule has 2 aromatic heterocycles. The van der Waals surface area contributed by atoms with E-state index < -0.39 is 0 Å². The van der Waals surface area contributed by atoms with Crippen LogP contribution >= 0.6 is 11.6 Å². The zero-order chi connectivity index (χ0) is 18.4. The van der Waals surface area contributed by atoms with Crippen LogP contribution < -0.4 is 15.4 Å². The molecule has 26 heavy (non-hydrogen) atoms. The Bertz CT molecular complexity index is 905. The van der Waals surface area contributed by atoms with Crippen molar-refractivity contribution in [2.45, 2.75) is 6.54 Å². The lowest BCUT2D eigenvalue weighted by molar-refractivity contribution is 0.102. The summed E-state index contributed by atoms with van der Waals surface area (Å²) in [5.74, 6) is 0.716. The first-order valence-electron chi connectivity index (χ1n) is 7.75. The summed E-state index contributed by atoms with van der Waals surface area (Å²) in [5, 5.41) is 6.29. The molecule has 0 radical (unpaired) electrons. The highest BCUT2D eigenvalue weighted by atomic mass is 35.5. The molecule has 0 unspecified atom stereocenters. The number of amides is 1. The summed E-state index contributed by atoms with van der Waals surface area (Å²) in [6.45, 7) is 0.542.